The summed E-state index contributed by atoms with van der Waals surface area (Å²) >= 11 is 0. The molecule has 4 unspecified atom stereocenters. The molecule has 2 fully saturated rings. The highest BCUT2D eigenvalue weighted by Gasteiger charge is 2.39. The Morgan fingerprint density at radius 2 is 0.900 bits per heavy atom. The summed E-state index contributed by atoms with van der Waals surface area (Å²) in [6, 6.07) is 20.7. The lowest BCUT2D eigenvalue weighted by Crippen LogP contribution is -2.56. The third-order valence-electron chi connectivity index (χ3n) is 6.93. The minimum Gasteiger partial charge on any atom is -0.389 e. The lowest BCUT2D eigenvalue weighted by atomic mass is 9.89. The van der Waals surface area contributed by atoms with E-state index in [1.807, 2.05) is 12.1 Å². The Bertz CT molecular complexity index is 677. The average molecular weight is 409 g/mol. The number of hydrogen-bond donors (Lipinski definition) is 2. The summed E-state index contributed by atoms with van der Waals surface area (Å²) in [5, 5.41) is 23.0. The molecule has 2 heterocycles. The zero-order chi connectivity index (χ0) is 20.8. The van der Waals surface area contributed by atoms with Crippen LogP contribution < -0.4 is 0 Å². The van der Waals surface area contributed by atoms with Gasteiger partial charge in [0.15, 0.2) is 0 Å². The van der Waals surface area contributed by atoms with E-state index < -0.39 is 12.2 Å². The summed E-state index contributed by atoms with van der Waals surface area (Å²) in [6.45, 7) is 4.03. The van der Waals surface area contributed by atoms with Crippen LogP contribution in [0.2, 0.25) is 0 Å². The van der Waals surface area contributed by atoms with Crippen molar-refractivity contribution < 1.29 is 10.2 Å². The maximum Gasteiger partial charge on any atom is 0.0972 e. The van der Waals surface area contributed by atoms with Gasteiger partial charge in [-0.05, 0) is 75.8 Å². The Morgan fingerprint density at radius 1 is 0.567 bits per heavy atom. The van der Waals surface area contributed by atoms with E-state index in [1.54, 1.807) is 0 Å². The Morgan fingerprint density at radius 3 is 1.23 bits per heavy atom. The van der Waals surface area contributed by atoms with E-state index in [9.17, 15) is 10.2 Å². The molecule has 2 aromatic carbocycles. The first-order valence-corrected chi connectivity index (χ1v) is 11.6. The van der Waals surface area contributed by atoms with Crippen molar-refractivity contribution in [1.29, 1.82) is 0 Å². The highest BCUT2D eigenvalue weighted by Crippen LogP contribution is 2.25. The summed E-state index contributed by atoms with van der Waals surface area (Å²) in [5.74, 6) is 0. The second kappa shape index (κ2) is 10.5. The predicted molar refractivity (Wildman–Crippen MR) is 121 cm³/mol. The van der Waals surface area contributed by atoms with Crippen LogP contribution in [0.3, 0.4) is 0 Å². The number of rotatable bonds is 9. The Balaban J connectivity index is 1.54. The van der Waals surface area contributed by atoms with Crippen molar-refractivity contribution in [2.45, 2.75) is 62.8 Å². The average Bonchev–Trinajstić information content (AvgIpc) is 3.51. The number of aliphatic hydroxyl groups excluding tert-OH is 2. The molecule has 0 radical (unpaired) electrons. The van der Waals surface area contributed by atoms with Crippen molar-refractivity contribution in [3.05, 3.63) is 71.8 Å². The summed E-state index contributed by atoms with van der Waals surface area (Å²) in [7, 11) is 0. The highest BCUT2D eigenvalue weighted by atomic mass is 16.3. The molecule has 4 atom stereocenters. The lowest BCUT2D eigenvalue weighted by molar-refractivity contribution is -0.0693. The van der Waals surface area contributed by atoms with E-state index in [-0.39, 0.29) is 12.1 Å². The van der Waals surface area contributed by atoms with Gasteiger partial charge < -0.3 is 10.2 Å². The molecule has 0 amide bonds. The van der Waals surface area contributed by atoms with Crippen LogP contribution in [0.4, 0.5) is 0 Å². The van der Waals surface area contributed by atoms with E-state index in [0.29, 0.717) is 0 Å². The third-order valence-corrected chi connectivity index (χ3v) is 6.93. The van der Waals surface area contributed by atoms with E-state index in [4.69, 9.17) is 0 Å². The van der Waals surface area contributed by atoms with E-state index in [1.165, 1.54) is 36.8 Å². The fraction of sp³-hybridized carbons (Fsp3) is 0.538. The van der Waals surface area contributed by atoms with E-state index >= 15 is 0 Å². The third kappa shape index (κ3) is 5.30. The molecule has 4 heteroatoms. The van der Waals surface area contributed by atoms with Crippen LogP contribution in [0, 0.1) is 0 Å². The Kier molecular flexibility index (Phi) is 7.56. The zero-order valence-electron chi connectivity index (χ0n) is 17.9. The standard InChI is InChI=1S/C26H36N2O2/c29-25(23(27-15-7-8-16-27)19-21-11-3-1-4-12-21)26(30)24(28-17-9-10-18-28)20-22-13-5-2-6-14-22/h1-6,11-14,23-26,29-30H,7-10,15-20H2. The van der Waals surface area contributed by atoms with Crippen molar-refractivity contribution in [1.82, 2.24) is 9.80 Å². The van der Waals surface area contributed by atoms with Crippen molar-refractivity contribution in [2.24, 2.45) is 0 Å². The van der Waals surface area contributed by atoms with Crippen molar-refractivity contribution in [3.8, 4) is 0 Å². The minimum atomic E-state index is -0.766. The van der Waals surface area contributed by atoms with Gasteiger partial charge in [0.05, 0.1) is 12.2 Å². The van der Waals surface area contributed by atoms with Crippen LogP contribution in [0.5, 0.6) is 0 Å². The van der Waals surface area contributed by atoms with Crippen LogP contribution >= 0.6 is 0 Å². The highest BCUT2D eigenvalue weighted by molar-refractivity contribution is 5.19. The van der Waals surface area contributed by atoms with Crippen LogP contribution in [0.15, 0.2) is 60.7 Å². The number of nitrogens with zero attached hydrogens (tertiary/aromatic N) is 2. The van der Waals surface area contributed by atoms with Crippen LogP contribution in [-0.4, -0.2) is 70.5 Å². The maximum atomic E-state index is 11.5. The van der Waals surface area contributed by atoms with Crippen molar-refractivity contribution in [3.63, 3.8) is 0 Å². The Hall–Kier alpha value is -1.72. The predicted octanol–water partition coefficient (Wildman–Crippen LogP) is 3.12. The molecule has 162 valence electrons. The summed E-state index contributed by atoms with van der Waals surface area (Å²) in [6.07, 6.45) is 4.71. The molecule has 4 nitrogen and oxygen atoms in total. The molecule has 2 saturated heterocycles. The summed E-state index contributed by atoms with van der Waals surface area (Å²) in [5.41, 5.74) is 2.45. The fourth-order valence-electron chi connectivity index (χ4n) is 5.24. The first kappa shape index (κ1) is 21.5. The molecule has 0 saturated carbocycles. The van der Waals surface area contributed by atoms with Crippen LogP contribution in [0.25, 0.3) is 0 Å². The fourth-order valence-corrected chi connectivity index (χ4v) is 5.24. The minimum absolute atomic E-state index is 0.0502. The molecule has 2 aliphatic rings. The van der Waals surface area contributed by atoms with E-state index in [2.05, 4.69) is 58.3 Å². The Labute approximate surface area is 181 Å². The topological polar surface area (TPSA) is 46.9 Å². The summed E-state index contributed by atoms with van der Waals surface area (Å²) < 4.78 is 0. The number of likely N-dealkylation sites (tertiary alicyclic amines) is 2. The van der Waals surface area contributed by atoms with Gasteiger partial charge in [-0.25, -0.2) is 0 Å². The molecule has 4 rings (SSSR count). The SMILES string of the molecule is OC(C(O)C(Cc1ccccc1)N1CCCC1)C(Cc1ccccc1)N1CCCC1. The monoisotopic (exact) mass is 408 g/mol. The second-order valence-corrected chi connectivity index (χ2v) is 8.98. The largest absolute Gasteiger partial charge is 0.389 e. The van der Waals surface area contributed by atoms with Crippen LogP contribution in [-0.2, 0) is 12.8 Å². The van der Waals surface area contributed by atoms with Gasteiger partial charge in [0, 0.05) is 12.1 Å². The quantitative estimate of drug-likeness (QED) is 0.669. The molecule has 30 heavy (non-hydrogen) atoms. The molecular formula is C26H36N2O2. The van der Waals surface area contributed by atoms with Gasteiger partial charge in [-0.3, -0.25) is 9.80 Å². The number of aliphatic hydroxyl groups is 2. The molecule has 0 aromatic heterocycles. The molecule has 0 bridgehead atoms. The van der Waals surface area contributed by atoms with Crippen molar-refractivity contribution >= 4 is 0 Å². The molecule has 2 aromatic rings. The first-order chi connectivity index (χ1) is 14.7. The smallest absolute Gasteiger partial charge is 0.0972 e. The summed E-state index contributed by atoms with van der Waals surface area (Å²) in [4.78, 5) is 4.79. The van der Waals surface area contributed by atoms with Gasteiger partial charge in [-0.2, -0.15) is 0 Å². The maximum absolute atomic E-state index is 11.5. The molecule has 0 spiro atoms. The second-order valence-electron chi connectivity index (χ2n) is 8.98. The molecular weight excluding hydrogens is 372 g/mol. The van der Waals surface area contributed by atoms with Crippen LogP contribution in [0.1, 0.15) is 36.8 Å². The van der Waals surface area contributed by atoms with Gasteiger partial charge in [0.25, 0.3) is 0 Å². The lowest BCUT2D eigenvalue weighted by Gasteiger charge is -2.39. The molecule has 2 aliphatic heterocycles. The number of hydrogen-bond acceptors (Lipinski definition) is 4. The van der Waals surface area contributed by atoms with Gasteiger partial charge in [0.1, 0.15) is 0 Å². The number of benzene rings is 2. The van der Waals surface area contributed by atoms with E-state index in [0.717, 1.165) is 39.0 Å². The molecule has 0 aliphatic carbocycles. The normalized spacial score (nSPS) is 22.1. The zero-order valence-corrected chi connectivity index (χ0v) is 17.9. The first-order valence-electron chi connectivity index (χ1n) is 11.6. The van der Waals surface area contributed by atoms with Gasteiger partial charge in [-0.1, -0.05) is 60.7 Å². The van der Waals surface area contributed by atoms with Crippen molar-refractivity contribution in [2.75, 3.05) is 26.2 Å². The van der Waals surface area contributed by atoms with Gasteiger partial charge in [-0.15, -0.1) is 0 Å². The van der Waals surface area contributed by atoms with Gasteiger partial charge >= 0.3 is 0 Å². The molecule has 2 N–H and O–H groups in total. The van der Waals surface area contributed by atoms with Gasteiger partial charge in [0.2, 0.25) is 0 Å².